The summed E-state index contributed by atoms with van der Waals surface area (Å²) < 4.78 is 0. The minimum atomic E-state index is -1.25. The zero-order valence-electron chi connectivity index (χ0n) is 17.7. The number of carbonyl (C=O) groups is 3. The first-order valence-electron chi connectivity index (χ1n) is 10.1. The lowest BCUT2D eigenvalue weighted by atomic mass is 10.0. The fourth-order valence-corrected chi connectivity index (χ4v) is 3.27. The average molecular weight is 428 g/mol. The maximum absolute atomic E-state index is 13.5. The van der Waals surface area contributed by atoms with E-state index >= 15 is 0 Å². The molecular weight excluding hydrogens is 404 g/mol. The van der Waals surface area contributed by atoms with Crippen LogP contribution in [0.5, 0.6) is 0 Å². The number of carboxylic acids is 1. The van der Waals surface area contributed by atoms with Gasteiger partial charge in [-0.25, -0.2) is 4.79 Å². The van der Waals surface area contributed by atoms with E-state index in [1.807, 2.05) is 61.5 Å². The first-order chi connectivity index (χ1) is 15.4. The molecule has 0 radical (unpaired) electrons. The van der Waals surface area contributed by atoms with E-state index in [0.717, 1.165) is 22.8 Å². The molecule has 2 N–H and O–H groups in total. The quantitative estimate of drug-likeness (QED) is 0.511. The predicted molar refractivity (Wildman–Crippen MR) is 123 cm³/mol. The van der Waals surface area contributed by atoms with Crippen LogP contribution in [0, 0.1) is 6.92 Å². The monoisotopic (exact) mass is 428 g/mol. The summed E-state index contributed by atoms with van der Waals surface area (Å²) in [6.07, 6.45) is 1.09. The SMILES string of the molecule is C=CC(=O)Nc1ccc(C(=O)N(Cc2ccccc2)Cc2ccc(C)cc2)c(C(=O)O)c1. The highest BCUT2D eigenvalue weighted by Crippen LogP contribution is 2.21. The number of benzene rings is 3. The maximum atomic E-state index is 13.5. The Kier molecular flexibility index (Phi) is 7.18. The Morgan fingerprint density at radius 2 is 1.53 bits per heavy atom. The molecule has 0 heterocycles. The Balaban J connectivity index is 1.96. The number of aromatic carboxylic acids is 1. The van der Waals surface area contributed by atoms with Crippen LogP contribution in [-0.4, -0.2) is 27.8 Å². The van der Waals surface area contributed by atoms with Gasteiger partial charge >= 0.3 is 5.97 Å². The van der Waals surface area contributed by atoms with E-state index < -0.39 is 17.8 Å². The molecule has 0 spiro atoms. The Labute approximate surface area is 186 Å². The van der Waals surface area contributed by atoms with Gasteiger partial charge in [-0.2, -0.15) is 0 Å². The van der Waals surface area contributed by atoms with E-state index in [0.29, 0.717) is 13.1 Å². The standard InChI is InChI=1S/C26H24N2O4/c1-3-24(29)27-21-13-14-22(23(15-21)26(31)32)25(30)28(16-19-7-5-4-6-8-19)17-20-11-9-18(2)10-12-20/h3-15H,1,16-17H2,2H3,(H,27,29)(H,31,32). The number of nitrogens with one attached hydrogen (secondary N) is 1. The van der Waals surface area contributed by atoms with E-state index in [1.54, 1.807) is 4.90 Å². The Morgan fingerprint density at radius 3 is 2.12 bits per heavy atom. The molecule has 0 aliphatic rings. The van der Waals surface area contributed by atoms with Gasteiger partial charge in [-0.15, -0.1) is 0 Å². The molecule has 0 saturated heterocycles. The van der Waals surface area contributed by atoms with E-state index in [2.05, 4.69) is 11.9 Å². The van der Waals surface area contributed by atoms with Crippen LogP contribution in [0.4, 0.5) is 5.69 Å². The topological polar surface area (TPSA) is 86.7 Å². The number of amides is 2. The summed E-state index contributed by atoms with van der Waals surface area (Å²) >= 11 is 0. The predicted octanol–water partition coefficient (Wildman–Crippen LogP) is 4.66. The van der Waals surface area contributed by atoms with Crippen molar-refractivity contribution < 1.29 is 19.5 Å². The van der Waals surface area contributed by atoms with Crippen molar-refractivity contribution in [3.8, 4) is 0 Å². The highest BCUT2D eigenvalue weighted by atomic mass is 16.4. The molecule has 3 rings (SSSR count). The van der Waals surface area contributed by atoms with E-state index in [-0.39, 0.29) is 16.8 Å². The van der Waals surface area contributed by atoms with Crippen molar-refractivity contribution in [3.63, 3.8) is 0 Å². The van der Waals surface area contributed by atoms with Gasteiger partial charge in [-0.1, -0.05) is 66.7 Å². The molecule has 0 fully saturated rings. The smallest absolute Gasteiger partial charge is 0.336 e. The Bertz CT molecular complexity index is 1140. The van der Waals surface area contributed by atoms with Crippen LogP contribution in [0.1, 0.15) is 37.4 Å². The summed E-state index contributed by atoms with van der Waals surface area (Å²) in [6, 6.07) is 21.6. The molecule has 0 aliphatic carbocycles. The van der Waals surface area contributed by atoms with E-state index in [4.69, 9.17) is 0 Å². The Morgan fingerprint density at radius 1 is 0.906 bits per heavy atom. The molecule has 2 amide bonds. The van der Waals surface area contributed by atoms with Gasteiger partial charge < -0.3 is 15.3 Å². The minimum Gasteiger partial charge on any atom is -0.478 e. The van der Waals surface area contributed by atoms with Gasteiger partial charge in [0, 0.05) is 18.8 Å². The van der Waals surface area contributed by atoms with Gasteiger partial charge in [0.2, 0.25) is 5.91 Å². The first-order valence-corrected chi connectivity index (χ1v) is 10.1. The van der Waals surface area contributed by atoms with Gasteiger partial charge in [0.1, 0.15) is 0 Å². The zero-order chi connectivity index (χ0) is 23.1. The number of carbonyl (C=O) groups excluding carboxylic acids is 2. The summed E-state index contributed by atoms with van der Waals surface area (Å²) in [5, 5.41) is 12.2. The Hall–Kier alpha value is -4.19. The number of nitrogens with zero attached hydrogens (tertiary/aromatic N) is 1. The molecule has 0 unspecified atom stereocenters. The summed E-state index contributed by atoms with van der Waals surface area (Å²) in [5.74, 6) is -2.13. The number of hydrogen-bond acceptors (Lipinski definition) is 3. The lowest BCUT2D eigenvalue weighted by molar-refractivity contribution is -0.111. The van der Waals surface area contributed by atoms with Gasteiger partial charge in [0.05, 0.1) is 11.1 Å². The largest absolute Gasteiger partial charge is 0.478 e. The van der Waals surface area contributed by atoms with Crippen LogP contribution in [0.25, 0.3) is 0 Å². The van der Waals surface area contributed by atoms with Crippen LogP contribution in [0.3, 0.4) is 0 Å². The second-order valence-corrected chi connectivity index (χ2v) is 7.39. The molecule has 3 aromatic carbocycles. The maximum Gasteiger partial charge on any atom is 0.336 e. The molecule has 6 heteroatoms. The number of anilines is 1. The third-order valence-corrected chi connectivity index (χ3v) is 4.93. The minimum absolute atomic E-state index is 0.0529. The molecule has 0 saturated carbocycles. The van der Waals surface area contributed by atoms with Gasteiger partial charge in [0.25, 0.3) is 5.91 Å². The lowest BCUT2D eigenvalue weighted by Gasteiger charge is -2.24. The summed E-state index contributed by atoms with van der Waals surface area (Å²) in [5.41, 5.74) is 3.12. The molecule has 0 atom stereocenters. The normalized spacial score (nSPS) is 10.3. The molecule has 32 heavy (non-hydrogen) atoms. The van der Waals surface area contributed by atoms with Crippen molar-refractivity contribution >= 4 is 23.5 Å². The fourth-order valence-electron chi connectivity index (χ4n) is 3.27. The molecule has 0 aromatic heterocycles. The van der Waals surface area contributed by atoms with Gasteiger partial charge in [0.15, 0.2) is 0 Å². The zero-order valence-corrected chi connectivity index (χ0v) is 17.7. The van der Waals surface area contributed by atoms with Crippen LogP contribution in [-0.2, 0) is 17.9 Å². The lowest BCUT2D eigenvalue weighted by Crippen LogP contribution is -2.31. The summed E-state index contributed by atoms with van der Waals surface area (Å²) in [6.45, 7) is 6.01. The summed E-state index contributed by atoms with van der Waals surface area (Å²) in [4.78, 5) is 38.6. The van der Waals surface area contributed by atoms with Crippen LogP contribution < -0.4 is 5.32 Å². The van der Waals surface area contributed by atoms with Crippen LogP contribution in [0.2, 0.25) is 0 Å². The fraction of sp³-hybridized carbons (Fsp3) is 0.115. The van der Waals surface area contributed by atoms with Crippen molar-refractivity contribution in [2.24, 2.45) is 0 Å². The summed E-state index contributed by atoms with van der Waals surface area (Å²) in [7, 11) is 0. The second kappa shape index (κ2) is 10.2. The van der Waals surface area contributed by atoms with Crippen LogP contribution in [0.15, 0.2) is 85.5 Å². The highest BCUT2D eigenvalue weighted by Gasteiger charge is 2.23. The second-order valence-electron chi connectivity index (χ2n) is 7.39. The average Bonchev–Trinajstić information content (AvgIpc) is 2.80. The molecule has 6 nitrogen and oxygen atoms in total. The van der Waals surface area contributed by atoms with Crippen molar-refractivity contribution in [1.29, 1.82) is 0 Å². The number of hydrogen-bond donors (Lipinski definition) is 2. The van der Waals surface area contributed by atoms with Crippen molar-refractivity contribution in [2.75, 3.05) is 5.32 Å². The first kappa shape index (κ1) is 22.5. The molecule has 162 valence electrons. The third-order valence-electron chi connectivity index (χ3n) is 4.93. The number of aryl methyl sites for hydroxylation is 1. The van der Waals surface area contributed by atoms with Crippen molar-refractivity contribution in [3.05, 3.63) is 113 Å². The van der Waals surface area contributed by atoms with E-state index in [1.165, 1.54) is 18.2 Å². The van der Waals surface area contributed by atoms with Crippen molar-refractivity contribution in [1.82, 2.24) is 4.90 Å². The molecule has 0 bridgehead atoms. The molecular formula is C26H24N2O4. The van der Waals surface area contributed by atoms with Crippen molar-refractivity contribution in [2.45, 2.75) is 20.0 Å². The van der Waals surface area contributed by atoms with E-state index in [9.17, 15) is 19.5 Å². The van der Waals surface area contributed by atoms with Gasteiger partial charge in [-0.3, -0.25) is 9.59 Å². The van der Waals surface area contributed by atoms with Gasteiger partial charge in [-0.05, 0) is 42.3 Å². The molecule has 0 aliphatic heterocycles. The van der Waals surface area contributed by atoms with Crippen LogP contribution >= 0.6 is 0 Å². The number of rotatable bonds is 8. The number of carboxylic acid groups (broad SMARTS) is 1. The highest BCUT2D eigenvalue weighted by molar-refractivity contribution is 6.06. The molecule has 3 aromatic rings. The third kappa shape index (κ3) is 5.70.